The van der Waals surface area contributed by atoms with Crippen molar-refractivity contribution in [1.29, 1.82) is 0 Å². The Hall–Kier alpha value is -1.18. The Morgan fingerprint density at radius 2 is 2.10 bits per heavy atom. The standard InChI is InChI=1S/C13H17BrN2O3S/c1-3-9-16(20(2,18)19)10-8-15-13(17)11-6-4-5-7-12(11)14/h3-7H,1,8-10H2,2H3,(H,15,17). The lowest BCUT2D eigenvalue weighted by Crippen LogP contribution is -2.38. The molecule has 0 aliphatic heterocycles. The summed E-state index contributed by atoms with van der Waals surface area (Å²) in [6.45, 7) is 4.19. The van der Waals surface area contributed by atoms with Crippen molar-refractivity contribution in [3.05, 3.63) is 47.0 Å². The van der Waals surface area contributed by atoms with Crippen molar-refractivity contribution < 1.29 is 13.2 Å². The highest BCUT2D eigenvalue weighted by Crippen LogP contribution is 2.15. The highest BCUT2D eigenvalue weighted by molar-refractivity contribution is 9.10. The number of benzene rings is 1. The van der Waals surface area contributed by atoms with Gasteiger partial charge in [0.05, 0.1) is 11.8 Å². The van der Waals surface area contributed by atoms with Crippen LogP contribution in [0.2, 0.25) is 0 Å². The molecule has 110 valence electrons. The third-order valence-electron chi connectivity index (χ3n) is 2.57. The maximum atomic E-state index is 11.9. The fourth-order valence-electron chi connectivity index (χ4n) is 1.57. The van der Waals surface area contributed by atoms with Gasteiger partial charge in [-0.25, -0.2) is 8.42 Å². The zero-order chi connectivity index (χ0) is 15.2. The summed E-state index contributed by atoms with van der Waals surface area (Å²) in [5.74, 6) is -0.246. The zero-order valence-corrected chi connectivity index (χ0v) is 13.6. The summed E-state index contributed by atoms with van der Waals surface area (Å²) in [6.07, 6.45) is 2.64. The van der Waals surface area contributed by atoms with Crippen molar-refractivity contribution in [3.8, 4) is 0 Å². The van der Waals surface area contributed by atoms with Gasteiger partial charge in [0.15, 0.2) is 0 Å². The second-order valence-corrected chi connectivity index (χ2v) is 6.98. The fourth-order valence-corrected chi connectivity index (χ4v) is 2.84. The van der Waals surface area contributed by atoms with Crippen molar-refractivity contribution >= 4 is 31.9 Å². The van der Waals surface area contributed by atoms with Crippen LogP contribution in [0.5, 0.6) is 0 Å². The molecule has 0 aliphatic carbocycles. The van der Waals surface area contributed by atoms with Gasteiger partial charge < -0.3 is 5.32 Å². The van der Waals surface area contributed by atoms with Gasteiger partial charge in [-0.2, -0.15) is 4.31 Å². The first-order chi connectivity index (χ1) is 9.36. The number of halogens is 1. The van der Waals surface area contributed by atoms with Gasteiger partial charge in [-0.15, -0.1) is 6.58 Å². The molecule has 0 aromatic heterocycles. The molecule has 0 fully saturated rings. The quantitative estimate of drug-likeness (QED) is 0.751. The minimum absolute atomic E-state index is 0.209. The third kappa shape index (κ3) is 5.07. The molecule has 1 rings (SSSR count). The fraction of sp³-hybridized carbons (Fsp3) is 0.308. The van der Waals surface area contributed by atoms with Crippen molar-refractivity contribution in [2.75, 3.05) is 25.9 Å². The highest BCUT2D eigenvalue weighted by atomic mass is 79.9. The summed E-state index contributed by atoms with van der Waals surface area (Å²) in [5, 5.41) is 2.69. The van der Waals surface area contributed by atoms with E-state index in [1.54, 1.807) is 18.2 Å². The molecule has 1 N–H and O–H groups in total. The van der Waals surface area contributed by atoms with E-state index in [9.17, 15) is 13.2 Å². The van der Waals surface area contributed by atoms with Gasteiger partial charge in [0.1, 0.15) is 0 Å². The number of carbonyl (C=O) groups is 1. The van der Waals surface area contributed by atoms with E-state index < -0.39 is 10.0 Å². The molecule has 0 bridgehead atoms. The number of amides is 1. The van der Waals surface area contributed by atoms with E-state index in [1.165, 1.54) is 10.4 Å². The Morgan fingerprint density at radius 3 is 2.65 bits per heavy atom. The zero-order valence-electron chi connectivity index (χ0n) is 11.2. The molecule has 5 nitrogen and oxygen atoms in total. The lowest BCUT2D eigenvalue weighted by molar-refractivity contribution is 0.0951. The van der Waals surface area contributed by atoms with Gasteiger partial charge in [-0.3, -0.25) is 4.79 Å². The van der Waals surface area contributed by atoms with Crippen molar-refractivity contribution in [1.82, 2.24) is 9.62 Å². The Kier molecular flexibility index (Phi) is 6.38. The summed E-state index contributed by atoms with van der Waals surface area (Å²) >= 11 is 3.29. The average Bonchev–Trinajstić information content (AvgIpc) is 2.37. The number of nitrogens with one attached hydrogen (secondary N) is 1. The lowest BCUT2D eigenvalue weighted by atomic mass is 10.2. The number of rotatable bonds is 7. The Labute approximate surface area is 127 Å². The maximum absolute atomic E-state index is 11.9. The molecule has 0 aliphatic rings. The van der Waals surface area contributed by atoms with E-state index in [4.69, 9.17) is 0 Å². The topological polar surface area (TPSA) is 66.5 Å². The van der Waals surface area contributed by atoms with Gasteiger partial charge in [0, 0.05) is 24.1 Å². The van der Waals surface area contributed by atoms with Crippen LogP contribution in [-0.2, 0) is 10.0 Å². The van der Waals surface area contributed by atoms with Crippen LogP contribution in [0.15, 0.2) is 41.4 Å². The summed E-state index contributed by atoms with van der Waals surface area (Å²) in [4.78, 5) is 11.9. The Morgan fingerprint density at radius 1 is 1.45 bits per heavy atom. The molecular weight excluding hydrogens is 344 g/mol. The van der Waals surface area contributed by atoms with Crippen LogP contribution in [0.1, 0.15) is 10.4 Å². The number of hydrogen-bond acceptors (Lipinski definition) is 3. The molecule has 20 heavy (non-hydrogen) atoms. The van der Waals surface area contributed by atoms with Gasteiger partial charge in [-0.05, 0) is 28.1 Å². The highest BCUT2D eigenvalue weighted by Gasteiger charge is 2.15. The number of nitrogens with zero attached hydrogens (tertiary/aromatic N) is 1. The van der Waals surface area contributed by atoms with Crippen LogP contribution in [0.3, 0.4) is 0 Å². The van der Waals surface area contributed by atoms with Crippen LogP contribution in [0, 0.1) is 0 Å². The second-order valence-electron chi connectivity index (χ2n) is 4.15. The monoisotopic (exact) mass is 360 g/mol. The minimum atomic E-state index is -3.30. The number of sulfonamides is 1. The largest absolute Gasteiger partial charge is 0.351 e. The van der Waals surface area contributed by atoms with Crippen LogP contribution >= 0.6 is 15.9 Å². The van der Waals surface area contributed by atoms with E-state index in [2.05, 4.69) is 27.8 Å². The molecule has 0 heterocycles. The molecule has 1 amide bonds. The van der Waals surface area contributed by atoms with Crippen LogP contribution in [0.25, 0.3) is 0 Å². The molecule has 7 heteroatoms. The normalized spacial score (nSPS) is 11.3. The van der Waals surface area contributed by atoms with E-state index in [0.29, 0.717) is 10.0 Å². The summed E-state index contributed by atoms with van der Waals surface area (Å²) < 4.78 is 24.9. The smallest absolute Gasteiger partial charge is 0.252 e. The first-order valence-electron chi connectivity index (χ1n) is 5.95. The summed E-state index contributed by atoms with van der Waals surface area (Å²) in [5.41, 5.74) is 0.516. The van der Waals surface area contributed by atoms with Crippen molar-refractivity contribution in [3.63, 3.8) is 0 Å². The van der Waals surface area contributed by atoms with E-state index in [-0.39, 0.29) is 25.5 Å². The van der Waals surface area contributed by atoms with Gasteiger partial charge in [0.25, 0.3) is 5.91 Å². The van der Waals surface area contributed by atoms with Crippen molar-refractivity contribution in [2.45, 2.75) is 0 Å². The third-order valence-corrected chi connectivity index (χ3v) is 4.53. The molecule has 0 atom stereocenters. The Balaban J connectivity index is 2.57. The van der Waals surface area contributed by atoms with Gasteiger partial charge in [-0.1, -0.05) is 18.2 Å². The summed E-state index contributed by atoms with van der Waals surface area (Å²) in [7, 11) is -3.30. The number of carbonyl (C=O) groups excluding carboxylic acids is 1. The van der Waals surface area contributed by atoms with Gasteiger partial charge >= 0.3 is 0 Å². The van der Waals surface area contributed by atoms with Crippen LogP contribution in [-0.4, -0.2) is 44.5 Å². The van der Waals surface area contributed by atoms with E-state index in [1.807, 2.05) is 6.07 Å². The predicted molar refractivity (Wildman–Crippen MR) is 83.1 cm³/mol. The molecule has 0 saturated heterocycles. The molecular formula is C13H17BrN2O3S. The molecule has 0 saturated carbocycles. The molecule has 1 aromatic carbocycles. The molecule has 0 spiro atoms. The Bertz CT molecular complexity index is 587. The molecule has 0 radical (unpaired) electrons. The maximum Gasteiger partial charge on any atom is 0.252 e. The van der Waals surface area contributed by atoms with E-state index in [0.717, 1.165) is 6.26 Å². The van der Waals surface area contributed by atoms with Crippen LogP contribution in [0.4, 0.5) is 0 Å². The first-order valence-corrected chi connectivity index (χ1v) is 8.59. The SMILES string of the molecule is C=CCN(CCNC(=O)c1ccccc1Br)S(C)(=O)=O. The number of hydrogen-bond donors (Lipinski definition) is 1. The average molecular weight is 361 g/mol. The first kappa shape index (κ1) is 16.9. The molecule has 1 aromatic rings. The van der Waals surface area contributed by atoms with Crippen molar-refractivity contribution in [2.24, 2.45) is 0 Å². The lowest BCUT2D eigenvalue weighted by Gasteiger charge is -2.18. The summed E-state index contributed by atoms with van der Waals surface area (Å²) in [6, 6.07) is 7.05. The molecule has 0 unspecified atom stereocenters. The van der Waals surface area contributed by atoms with Gasteiger partial charge in [0.2, 0.25) is 10.0 Å². The minimum Gasteiger partial charge on any atom is -0.351 e. The van der Waals surface area contributed by atoms with E-state index >= 15 is 0 Å². The van der Waals surface area contributed by atoms with Crippen LogP contribution < -0.4 is 5.32 Å². The second kappa shape index (κ2) is 7.56. The predicted octanol–water partition coefficient (Wildman–Crippen LogP) is 1.63.